The van der Waals surface area contributed by atoms with Crippen LogP contribution in [0.4, 0.5) is 10.5 Å². The van der Waals surface area contributed by atoms with E-state index in [0.29, 0.717) is 0 Å². The summed E-state index contributed by atoms with van der Waals surface area (Å²) in [7, 11) is 7.12. The average molecular weight is 212 g/mol. The summed E-state index contributed by atoms with van der Waals surface area (Å²) in [5, 5.41) is 9.03. The molecule has 1 aromatic heterocycles. The molecule has 0 spiro atoms. The van der Waals surface area contributed by atoms with E-state index in [4.69, 9.17) is 9.90 Å². The Balaban J connectivity index is 0.000000336. The number of hydrogen-bond acceptors (Lipinski definition) is 4. The van der Waals surface area contributed by atoms with Crippen molar-refractivity contribution in [3.05, 3.63) is 24.5 Å². The number of anilines is 1. The van der Waals surface area contributed by atoms with Gasteiger partial charge in [0.1, 0.15) is 7.05 Å². The van der Waals surface area contributed by atoms with E-state index >= 15 is 0 Å². The van der Waals surface area contributed by atoms with E-state index in [-0.39, 0.29) is 0 Å². The van der Waals surface area contributed by atoms with Crippen LogP contribution in [0.1, 0.15) is 0 Å². The van der Waals surface area contributed by atoms with Gasteiger partial charge < -0.3 is 19.5 Å². The van der Waals surface area contributed by atoms with Crippen molar-refractivity contribution in [1.82, 2.24) is 0 Å². The minimum absolute atomic E-state index is 1.04. The van der Waals surface area contributed by atoms with Gasteiger partial charge in [-0.25, -0.2) is 4.57 Å². The molecule has 0 saturated carbocycles. The Hall–Kier alpha value is -1.78. The van der Waals surface area contributed by atoms with E-state index < -0.39 is 6.16 Å². The van der Waals surface area contributed by atoms with Crippen LogP contribution in [0.2, 0.25) is 0 Å². The molecule has 1 heterocycles. The number of nitrogens with zero attached hydrogens (tertiary/aromatic N) is 2. The number of ether oxygens (including phenoxy) is 1. The molecule has 84 valence electrons. The molecule has 0 aliphatic carbocycles. The van der Waals surface area contributed by atoms with Crippen molar-refractivity contribution >= 4 is 11.8 Å². The Morgan fingerprint density at radius 3 is 2.07 bits per heavy atom. The molecule has 0 fully saturated rings. The first-order valence-electron chi connectivity index (χ1n) is 4.35. The standard InChI is InChI=1S/C8H13N2.C2H4O3/c1-9(2)8-4-6-10(3)7-5-8;1-5-2(3)4/h4-7H,1-3H3;1H3,(H,3,4)/q+1;/p-1. The molecule has 0 bridgehead atoms. The number of rotatable bonds is 1. The highest BCUT2D eigenvalue weighted by atomic mass is 16.6. The van der Waals surface area contributed by atoms with Crippen molar-refractivity contribution in [2.75, 3.05) is 26.1 Å². The SMILES string of the molecule is CN(C)c1cc[n+](C)cc1.COC(=O)[O-]. The third-order valence-electron chi connectivity index (χ3n) is 1.64. The normalized spacial score (nSPS) is 8.53. The number of aromatic nitrogens is 1. The molecular weight excluding hydrogens is 196 g/mol. The summed E-state index contributed by atoms with van der Waals surface area (Å²) in [6, 6.07) is 4.17. The number of carboxylic acid groups (broad SMARTS) is 1. The summed E-state index contributed by atoms with van der Waals surface area (Å²) in [5.74, 6) is 0. The maximum absolute atomic E-state index is 9.03. The third kappa shape index (κ3) is 6.31. The molecule has 15 heavy (non-hydrogen) atoms. The molecule has 0 radical (unpaired) electrons. The lowest BCUT2D eigenvalue weighted by molar-refractivity contribution is -0.671. The minimum atomic E-state index is -1.50. The summed E-state index contributed by atoms with van der Waals surface area (Å²) in [5.41, 5.74) is 1.23. The first-order valence-corrected chi connectivity index (χ1v) is 4.35. The van der Waals surface area contributed by atoms with Crippen LogP contribution in [0.3, 0.4) is 0 Å². The Labute approximate surface area is 89.5 Å². The van der Waals surface area contributed by atoms with E-state index in [1.807, 2.05) is 38.1 Å². The fourth-order valence-electron chi connectivity index (χ4n) is 0.791. The van der Waals surface area contributed by atoms with E-state index in [2.05, 4.69) is 21.8 Å². The molecule has 0 saturated heterocycles. The number of carbonyl (C=O) groups excluding carboxylic acids is 1. The fourth-order valence-corrected chi connectivity index (χ4v) is 0.791. The molecule has 0 amide bonds. The molecule has 1 aromatic rings. The van der Waals surface area contributed by atoms with Crippen molar-refractivity contribution in [3.8, 4) is 0 Å². The van der Waals surface area contributed by atoms with Gasteiger partial charge in [-0.2, -0.15) is 0 Å². The van der Waals surface area contributed by atoms with E-state index in [1.54, 1.807) is 0 Å². The largest absolute Gasteiger partial charge is 0.553 e. The molecule has 5 heteroatoms. The lowest BCUT2D eigenvalue weighted by Gasteiger charge is -2.09. The van der Waals surface area contributed by atoms with Gasteiger partial charge in [0, 0.05) is 39.0 Å². The lowest BCUT2D eigenvalue weighted by Crippen LogP contribution is -2.26. The van der Waals surface area contributed by atoms with Crippen molar-refractivity contribution in [3.63, 3.8) is 0 Å². The van der Waals surface area contributed by atoms with Gasteiger partial charge in [0.2, 0.25) is 0 Å². The highest BCUT2D eigenvalue weighted by Gasteiger charge is 1.95. The van der Waals surface area contributed by atoms with E-state index in [1.165, 1.54) is 5.69 Å². The molecule has 0 aliphatic rings. The first kappa shape index (κ1) is 13.2. The Morgan fingerprint density at radius 1 is 1.40 bits per heavy atom. The highest BCUT2D eigenvalue weighted by molar-refractivity contribution is 5.53. The first-order chi connectivity index (χ1) is 6.97. The predicted octanol–water partition coefficient (Wildman–Crippen LogP) is -0.447. The van der Waals surface area contributed by atoms with E-state index in [0.717, 1.165) is 7.11 Å². The average Bonchev–Trinajstić information content (AvgIpc) is 2.19. The van der Waals surface area contributed by atoms with Gasteiger partial charge in [-0.05, 0) is 0 Å². The second-order valence-electron chi connectivity index (χ2n) is 3.07. The number of pyridine rings is 1. The molecule has 0 atom stereocenters. The van der Waals surface area contributed by atoms with Crippen LogP contribution in [0.25, 0.3) is 0 Å². The van der Waals surface area contributed by atoms with Crippen LogP contribution in [0.15, 0.2) is 24.5 Å². The summed E-state index contributed by atoms with van der Waals surface area (Å²) in [6.45, 7) is 0. The Kier molecular flexibility index (Phi) is 5.85. The smallest absolute Gasteiger partial charge is 0.251 e. The van der Waals surface area contributed by atoms with Gasteiger partial charge >= 0.3 is 0 Å². The molecular formula is C10H16N2O3. The van der Waals surface area contributed by atoms with Crippen LogP contribution in [0.5, 0.6) is 0 Å². The zero-order valence-electron chi connectivity index (χ0n) is 9.43. The van der Waals surface area contributed by atoms with Crippen molar-refractivity contribution in [2.24, 2.45) is 7.05 Å². The van der Waals surface area contributed by atoms with Crippen LogP contribution in [-0.4, -0.2) is 27.4 Å². The number of carbonyl (C=O) groups is 1. The van der Waals surface area contributed by atoms with Gasteiger partial charge in [0.25, 0.3) is 6.16 Å². The second-order valence-corrected chi connectivity index (χ2v) is 3.07. The Bertz CT molecular complexity index is 296. The van der Waals surface area contributed by atoms with Crippen molar-refractivity contribution in [1.29, 1.82) is 0 Å². The summed E-state index contributed by atoms with van der Waals surface area (Å²) >= 11 is 0. The third-order valence-corrected chi connectivity index (χ3v) is 1.64. The Morgan fingerprint density at radius 2 is 1.80 bits per heavy atom. The summed E-state index contributed by atoms with van der Waals surface area (Å²) in [6.07, 6.45) is 2.58. The molecule has 1 rings (SSSR count). The summed E-state index contributed by atoms with van der Waals surface area (Å²) < 4.78 is 5.58. The van der Waals surface area contributed by atoms with Crippen LogP contribution >= 0.6 is 0 Å². The van der Waals surface area contributed by atoms with Gasteiger partial charge in [0.15, 0.2) is 12.4 Å². The fraction of sp³-hybridized carbons (Fsp3) is 0.400. The predicted molar refractivity (Wildman–Crippen MR) is 54.4 cm³/mol. The molecule has 5 nitrogen and oxygen atoms in total. The molecule has 0 unspecified atom stereocenters. The number of hydrogen-bond donors (Lipinski definition) is 0. The zero-order valence-corrected chi connectivity index (χ0v) is 9.43. The van der Waals surface area contributed by atoms with Crippen LogP contribution in [0, 0.1) is 0 Å². The molecule has 0 aromatic carbocycles. The van der Waals surface area contributed by atoms with Crippen LogP contribution in [-0.2, 0) is 11.8 Å². The van der Waals surface area contributed by atoms with Gasteiger partial charge in [-0.15, -0.1) is 0 Å². The van der Waals surface area contributed by atoms with E-state index in [9.17, 15) is 0 Å². The second kappa shape index (κ2) is 6.64. The molecule has 0 aliphatic heterocycles. The highest BCUT2D eigenvalue weighted by Crippen LogP contribution is 2.04. The zero-order chi connectivity index (χ0) is 11.8. The topological polar surface area (TPSA) is 56.5 Å². The number of methoxy groups -OCH3 is 1. The monoisotopic (exact) mass is 212 g/mol. The maximum Gasteiger partial charge on any atom is 0.251 e. The summed E-state index contributed by atoms with van der Waals surface area (Å²) in [4.78, 5) is 11.1. The maximum atomic E-state index is 9.03. The lowest BCUT2D eigenvalue weighted by atomic mass is 10.4. The quantitative estimate of drug-likeness (QED) is 0.467. The van der Waals surface area contributed by atoms with Gasteiger partial charge in [-0.1, -0.05) is 0 Å². The van der Waals surface area contributed by atoms with Crippen molar-refractivity contribution < 1.29 is 19.2 Å². The van der Waals surface area contributed by atoms with Crippen molar-refractivity contribution in [2.45, 2.75) is 0 Å². The van der Waals surface area contributed by atoms with Crippen LogP contribution < -0.4 is 14.6 Å². The molecule has 0 N–H and O–H groups in total. The van der Waals surface area contributed by atoms with Gasteiger partial charge in [0.05, 0.1) is 0 Å². The van der Waals surface area contributed by atoms with Gasteiger partial charge in [-0.3, -0.25) is 0 Å². The number of aryl methyl sites for hydroxylation is 1. The minimum Gasteiger partial charge on any atom is -0.553 e.